The molecule has 0 spiro atoms. The van der Waals surface area contributed by atoms with Gasteiger partial charge in [0.15, 0.2) is 0 Å². The van der Waals surface area contributed by atoms with Crippen LogP contribution < -0.4 is 0 Å². The Hall–Kier alpha value is -0.220. The van der Waals surface area contributed by atoms with Crippen molar-refractivity contribution < 1.29 is 15.0 Å². The van der Waals surface area contributed by atoms with E-state index in [0.29, 0.717) is 18.3 Å². The maximum absolute atomic E-state index is 10.5. The summed E-state index contributed by atoms with van der Waals surface area (Å²) < 4.78 is 0. The van der Waals surface area contributed by atoms with Crippen LogP contribution >= 0.6 is 12.6 Å². The van der Waals surface area contributed by atoms with Gasteiger partial charge >= 0.3 is 5.97 Å². The van der Waals surface area contributed by atoms with Crippen molar-refractivity contribution in [3.8, 4) is 0 Å². The minimum absolute atomic E-state index is 0.113. The lowest BCUT2D eigenvalue weighted by molar-refractivity contribution is -0.142. The van der Waals surface area contributed by atoms with Crippen LogP contribution in [0.4, 0.5) is 0 Å². The van der Waals surface area contributed by atoms with E-state index < -0.39 is 5.97 Å². The average Bonchev–Trinajstić information content (AvgIpc) is 2.97. The van der Waals surface area contributed by atoms with Crippen molar-refractivity contribution >= 4 is 18.6 Å². The van der Waals surface area contributed by atoms with E-state index in [9.17, 15) is 4.79 Å². The summed E-state index contributed by atoms with van der Waals surface area (Å²) in [6, 6.07) is 0. The molecular weight excluding hydrogens is 200 g/mol. The zero-order valence-corrected chi connectivity index (χ0v) is 9.54. The zero-order valence-electron chi connectivity index (χ0n) is 8.65. The fourth-order valence-corrected chi connectivity index (χ4v) is 1.48. The molecule has 1 atom stereocenters. The molecule has 3 nitrogen and oxygen atoms in total. The Morgan fingerprint density at radius 3 is 2.29 bits per heavy atom. The Bertz CT molecular complexity index is 155. The third-order valence-corrected chi connectivity index (χ3v) is 2.43. The Labute approximate surface area is 90.9 Å². The van der Waals surface area contributed by atoms with Crippen LogP contribution in [0.2, 0.25) is 0 Å². The molecule has 1 aliphatic carbocycles. The summed E-state index contributed by atoms with van der Waals surface area (Å²) in [5.74, 6) is 0.395. The fourth-order valence-electron chi connectivity index (χ4n) is 1.20. The highest BCUT2D eigenvalue weighted by atomic mass is 32.1. The zero-order chi connectivity index (χ0) is 11.0. The van der Waals surface area contributed by atoms with Crippen LogP contribution in [0.1, 0.15) is 32.6 Å². The molecule has 0 amide bonds. The summed E-state index contributed by atoms with van der Waals surface area (Å²) in [6.07, 6.45) is 3.80. The van der Waals surface area contributed by atoms with E-state index in [1.165, 1.54) is 0 Å². The molecule has 2 N–H and O–H groups in total. The predicted octanol–water partition coefficient (Wildman–Crippen LogP) is 1.81. The average molecular weight is 220 g/mol. The molecule has 14 heavy (non-hydrogen) atoms. The highest BCUT2D eigenvalue weighted by Crippen LogP contribution is 2.38. The number of carboxylic acids is 1. The van der Waals surface area contributed by atoms with Crippen molar-refractivity contribution in [2.45, 2.75) is 32.6 Å². The maximum Gasteiger partial charge on any atom is 0.306 e. The van der Waals surface area contributed by atoms with Gasteiger partial charge in [-0.3, -0.25) is 4.79 Å². The molecule has 84 valence electrons. The van der Waals surface area contributed by atoms with Gasteiger partial charge in [0.25, 0.3) is 0 Å². The quantitative estimate of drug-likeness (QED) is 0.619. The second-order valence-electron chi connectivity index (χ2n) is 3.52. The van der Waals surface area contributed by atoms with Gasteiger partial charge in [0.1, 0.15) is 0 Å². The molecule has 1 fully saturated rings. The van der Waals surface area contributed by atoms with Gasteiger partial charge in [-0.15, -0.1) is 0 Å². The molecule has 0 bridgehead atoms. The molecular formula is C10H20O3S. The number of carboxylic acid groups (broad SMARTS) is 1. The third-order valence-electron chi connectivity index (χ3n) is 2.17. The van der Waals surface area contributed by atoms with Gasteiger partial charge in [-0.2, -0.15) is 12.6 Å². The lowest BCUT2D eigenvalue weighted by atomic mass is 10.0. The highest BCUT2D eigenvalue weighted by molar-refractivity contribution is 7.80. The summed E-state index contributed by atoms with van der Waals surface area (Å²) in [7, 11) is 0. The van der Waals surface area contributed by atoms with Gasteiger partial charge in [0.2, 0.25) is 0 Å². The van der Waals surface area contributed by atoms with Crippen molar-refractivity contribution in [3.05, 3.63) is 0 Å². The first-order valence-corrected chi connectivity index (χ1v) is 5.75. The molecule has 0 aromatic heterocycles. The van der Waals surface area contributed by atoms with E-state index in [2.05, 4.69) is 12.6 Å². The summed E-state index contributed by atoms with van der Waals surface area (Å²) in [5, 5.41) is 16.6. The third kappa shape index (κ3) is 6.27. The smallest absolute Gasteiger partial charge is 0.306 e. The Morgan fingerprint density at radius 1 is 1.57 bits per heavy atom. The van der Waals surface area contributed by atoms with Crippen molar-refractivity contribution in [2.75, 3.05) is 12.4 Å². The highest BCUT2D eigenvalue weighted by Gasteiger charge is 2.35. The first kappa shape index (κ1) is 13.8. The number of thiol groups is 1. The number of carbonyl (C=O) groups is 1. The minimum atomic E-state index is -0.642. The molecule has 0 radical (unpaired) electrons. The molecule has 1 rings (SSSR count). The van der Waals surface area contributed by atoms with Crippen LogP contribution in [0.25, 0.3) is 0 Å². The van der Waals surface area contributed by atoms with Gasteiger partial charge in [-0.1, -0.05) is 6.92 Å². The van der Waals surface area contributed by atoms with Gasteiger partial charge in [0, 0.05) is 6.61 Å². The topological polar surface area (TPSA) is 57.5 Å². The Morgan fingerprint density at radius 2 is 2.07 bits per heavy atom. The summed E-state index contributed by atoms with van der Waals surface area (Å²) in [4.78, 5) is 10.5. The Balaban J connectivity index is 0.000000364. The van der Waals surface area contributed by atoms with Crippen LogP contribution in [-0.2, 0) is 4.79 Å². The number of rotatable bonds is 5. The largest absolute Gasteiger partial charge is 0.481 e. The first-order chi connectivity index (χ1) is 6.67. The molecule has 0 heterocycles. The number of aliphatic hydroxyl groups excluding tert-OH is 1. The van der Waals surface area contributed by atoms with Gasteiger partial charge < -0.3 is 10.2 Å². The Kier molecular flexibility index (Phi) is 7.99. The van der Waals surface area contributed by atoms with E-state index in [4.69, 9.17) is 10.2 Å². The lowest BCUT2D eigenvalue weighted by Gasteiger charge is -2.07. The van der Waals surface area contributed by atoms with Crippen LogP contribution in [0.15, 0.2) is 0 Å². The molecule has 0 aromatic rings. The standard InChI is InChI=1S/C7H12O2S.C3H8O/c8-7(9)6(3-4-10)5-1-2-5;1-2-3-4/h5-6,10H,1-4H2,(H,8,9);4H,2-3H2,1H3. The second kappa shape index (κ2) is 8.12. The van der Waals surface area contributed by atoms with Gasteiger partial charge in [-0.25, -0.2) is 0 Å². The van der Waals surface area contributed by atoms with E-state index in [1.54, 1.807) is 0 Å². The van der Waals surface area contributed by atoms with Crippen LogP contribution in [0, 0.1) is 11.8 Å². The maximum atomic E-state index is 10.5. The van der Waals surface area contributed by atoms with Crippen LogP contribution in [0.3, 0.4) is 0 Å². The number of hydrogen-bond acceptors (Lipinski definition) is 3. The first-order valence-electron chi connectivity index (χ1n) is 5.11. The number of hydrogen-bond donors (Lipinski definition) is 3. The molecule has 1 saturated carbocycles. The molecule has 1 unspecified atom stereocenters. The molecule has 0 aromatic carbocycles. The van der Waals surface area contributed by atoms with E-state index in [1.807, 2.05) is 6.92 Å². The number of aliphatic carboxylic acids is 1. The molecule has 0 saturated heterocycles. The number of aliphatic hydroxyl groups is 1. The van der Waals surface area contributed by atoms with Crippen molar-refractivity contribution in [1.82, 2.24) is 0 Å². The monoisotopic (exact) mass is 220 g/mol. The summed E-state index contributed by atoms with van der Waals surface area (Å²) in [6.45, 7) is 2.25. The summed E-state index contributed by atoms with van der Waals surface area (Å²) in [5.41, 5.74) is 0. The SMILES string of the molecule is CCCO.O=C(O)C(CCS)C1CC1. The predicted molar refractivity (Wildman–Crippen MR) is 59.7 cm³/mol. The van der Waals surface area contributed by atoms with Gasteiger partial charge in [0.05, 0.1) is 5.92 Å². The van der Waals surface area contributed by atoms with E-state index in [-0.39, 0.29) is 5.92 Å². The summed E-state index contributed by atoms with van der Waals surface area (Å²) >= 11 is 4.01. The lowest BCUT2D eigenvalue weighted by Crippen LogP contribution is -2.16. The molecule has 4 heteroatoms. The van der Waals surface area contributed by atoms with Crippen molar-refractivity contribution in [1.29, 1.82) is 0 Å². The normalized spacial score (nSPS) is 16.8. The fraction of sp³-hybridized carbons (Fsp3) is 0.900. The second-order valence-corrected chi connectivity index (χ2v) is 3.97. The van der Waals surface area contributed by atoms with Crippen LogP contribution in [0.5, 0.6) is 0 Å². The van der Waals surface area contributed by atoms with Crippen molar-refractivity contribution in [3.63, 3.8) is 0 Å². The van der Waals surface area contributed by atoms with Crippen LogP contribution in [-0.4, -0.2) is 28.5 Å². The molecule has 1 aliphatic rings. The minimum Gasteiger partial charge on any atom is -0.481 e. The van der Waals surface area contributed by atoms with E-state index >= 15 is 0 Å². The van der Waals surface area contributed by atoms with Crippen molar-refractivity contribution in [2.24, 2.45) is 11.8 Å². The van der Waals surface area contributed by atoms with Gasteiger partial charge in [-0.05, 0) is 37.4 Å². The van der Waals surface area contributed by atoms with E-state index in [0.717, 1.165) is 25.7 Å². The molecule has 0 aliphatic heterocycles.